The SMILES string of the molecule is Cc1cc(Cl)ccc1NC(=O)CCS(=O)(=O)c1ccc2c(c1)oc(=O)n2C. The van der Waals surface area contributed by atoms with E-state index >= 15 is 0 Å². The number of sulfone groups is 1. The number of nitrogens with one attached hydrogen (secondary N) is 1. The summed E-state index contributed by atoms with van der Waals surface area (Å²) in [5, 5.41) is 3.23. The number of rotatable bonds is 5. The molecule has 2 aromatic carbocycles. The summed E-state index contributed by atoms with van der Waals surface area (Å²) in [6.07, 6.45) is -0.207. The Morgan fingerprint density at radius 1 is 1.22 bits per heavy atom. The van der Waals surface area contributed by atoms with Gasteiger partial charge in [0.05, 0.1) is 16.2 Å². The molecule has 0 unspecified atom stereocenters. The molecule has 0 spiro atoms. The molecule has 3 aromatic rings. The topological polar surface area (TPSA) is 98.4 Å². The Morgan fingerprint density at radius 2 is 1.96 bits per heavy atom. The van der Waals surface area contributed by atoms with Crippen LogP contribution in [0, 0.1) is 6.92 Å². The Morgan fingerprint density at radius 3 is 2.67 bits per heavy atom. The standard InChI is InChI=1S/C18H17ClN2O5S/c1-11-9-12(19)3-5-14(11)20-17(22)7-8-27(24,25)13-4-6-15-16(10-13)26-18(23)21(15)2/h3-6,9-10H,7-8H2,1-2H3,(H,20,22). The van der Waals surface area contributed by atoms with Crippen molar-refractivity contribution in [2.75, 3.05) is 11.1 Å². The van der Waals surface area contributed by atoms with E-state index in [1.165, 1.54) is 29.8 Å². The second kappa shape index (κ2) is 7.21. The van der Waals surface area contributed by atoms with Gasteiger partial charge >= 0.3 is 5.76 Å². The normalized spacial score (nSPS) is 11.7. The molecular weight excluding hydrogens is 392 g/mol. The van der Waals surface area contributed by atoms with E-state index < -0.39 is 21.5 Å². The first-order valence-electron chi connectivity index (χ1n) is 8.06. The van der Waals surface area contributed by atoms with Gasteiger partial charge in [-0.15, -0.1) is 0 Å². The van der Waals surface area contributed by atoms with E-state index in [0.29, 0.717) is 16.2 Å². The van der Waals surface area contributed by atoms with Crippen LogP contribution in [-0.4, -0.2) is 24.6 Å². The lowest BCUT2D eigenvalue weighted by Crippen LogP contribution is -2.18. The van der Waals surface area contributed by atoms with Gasteiger partial charge in [0.15, 0.2) is 15.4 Å². The molecule has 1 heterocycles. The van der Waals surface area contributed by atoms with Crippen LogP contribution in [0.3, 0.4) is 0 Å². The number of carbonyl (C=O) groups excluding carboxylic acids is 1. The molecule has 0 atom stereocenters. The van der Waals surface area contributed by atoms with E-state index in [1.54, 1.807) is 25.1 Å². The first kappa shape index (κ1) is 19.2. The molecule has 27 heavy (non-hydrogen) atoms. The highest BCUT2D eigenvalue weighted by Crippen LogP contribution is 2.21. The third-order valence-electron chi connectivity index (χ3n) is 4.18. The van der Waals surface area contributed by atoms with E-state index in [4.69, 9.17) is 16.0 Å². The summed E-state index contributed by atoms with van der Waals surface area (Å²) in [5.41, 5.74) is 2.04. The molecule has 1 amide bonds. The Labute approximate surface area is 160 Å². The number of halogens is 1. The first-order chi connectivity index (χ1) is 12.7. The van der Waals surface area contributed by atoms with Gasteiger partial charge in [-0.25, -0.2) is 13.2 Å². The van der Waals surface area contributed by atoms with E-state index in [0.717, 1.165) is 5.56 Å². The highest BCUT2D eigenvalue weighted by molar-refractivity contribution is 7.91. The summed E-state index contributed by atoms with van der Waals surface area (Å²) in [6, 6.07) is 9.21. The number of oxazole rings is 1. The molecule has 0 aliphatic carbocycles. The average Bonchev–Trinajstić information content (AvgIpc) is 2.89. The molecule has 1 N–H and O–H groups in total. The summed E-state index contributed by atoms with van der Waals surface area (Å²) in [4.78, 5) is 23.6. The largest absolute Gasteiger partial charge is 0.419 e. The number of anilines is 1. The lowest BCUT2D eigenvalue weighted by atomic mass is 10.2. The highest BCUT2D eigenvalue weighted by Gasteiger charge is 2.19. The molecular formula is C18H17ClN2O5S. The fourth-order valence-corrected chi connectivity index (χ4v) is 4.11. The maximum Gasteiger partial charge on any atom is 0.419 e. The van der Waals surface area contributed by atoms with Gasteiger partial charge in [0.1, 0.15) is 0 Å². The number of nitrogens with zero attached hydrogens (tertiary/aromatic N) is 1. The fraction of sp³-hybridized carbons (Fsp3) is 0.222. The fourth-order valence-electron chi connectivity index (χ4n) is 2.63. The number of aromatic nitrogens is 1. The minimum Gasteiger partial charge on any atom is -0.408 e. The number of carbonyl (C=O) groups is 1. The van der Waals surface area contributed by atoms with E-state index in [-0.39, 0.29) is 22.7 Å². The minimum absolute atomic E-state index is 0.000163. The van der Waals surface area contributed by atoms with Gasteiger partial charge in [-0.05, 0) is 42.8 Å². The number of fused-ring (bicyclic) bond motifs is 1. The van der Waals surface area contributed by atoms with Crippen molar-refractivity contribution in [3.05, 3.63) is 57.5 Å². The lowest BCUT2D eigenvalue weighted by Gasteiger charge is -2.09. The molecule has 9 heteroatoms. The molecule has 0 fully saturated rings. The van der Waals surface area contributed by atoms with Crippen molar-refractivity contribution >= 4 is 44.1 Å². The van der Waals surface area contributed by atoms with Gasteiger partial charge in [0.25, 0.3) is 0 Å². The molecule has 0 aliphatic rings. The van der Waals surface area contributed by atoms with Crippen molar-refractivity contribution < 1.29 is 17.6 Å². The van der Waals surface area contributed by atoms with Crippen LogP contribution in [0.1, 0.15) is 12.0 Å². The van der Waals surface area contributed by atoms with Gasteiger partial charge in [-0.1, -0.05) is 11.6 Å². The third kappa shape index (κ3) is 4.06. The van der Waals surface area contributed by atoms with Crippen LogP contribution in [0.15, 0.2) is 50.5 Å². The van der Waals surface area contributed by atoms with Crippen LogP contribution in [0.25, 0.3) is 11.1 Å². The van der Waals surface area contributed by atoms with Crippen molar-refractivity contribution in [1.82, 2.24) is 4.57 Å². The van der Waals surface area contributed by atoms with Crippen LogP contribution in [-0.2, 0) is 21.7 Å². The van der Waals surface area contributed by atoms with Gasteiger partial charge in [-0.2, -0.15) is 0 Å². The lowest BCUT2D eigenvalue weighted by molar-refractivity contribution is -0.115. The molecule has 142 valence electrons. The molecule has 0 bridgehead atoms. The zero-order chi connectivity index (χ0) is 19.8. The van der Waals surface area contributed by atoms with Crippen LogP contribution >= 0.6 is 11.6 Å². The summed E-state index contributed by atoms with van der Waals surface area (Å²) in [5.74, 6) is -1.36. The molecule has 0 saturated carbocycles. The second-order valence-corrected chi connectivity index (χ2v) is 8.68. The highest BCUT2D eigenvalue weighted by atomic mass is 35.5. The number of hydrogen-bond donors (Lipinski definition) is 1. The monoisotopic (exact) mass is 408 g/mol. The Hall–Kier alpha value is -2.58. The van der Waals surface area contributed by atoms with E-state index in [1.807, 2.05) is 0 Å². The van der Waals surface area contributed by atoms with Crippen molar-refractivity contribution in [3.8, 4) is 0 Å². The predicted octanol–water partition coefficient (Wildman–Crippen LogP) is 2.90. The van der Waals surface area contributed by atoms with Crippen LogP contribution in [0.5, 0.6) is 0 Å². The molecule has 7 nitrogen and oxygen atoms in total. The van der Waals surface area contributed by atoms with Crippen LogP contribution < -0.4 is 11.1 Å². The van der Waals surface area contributed by atoms with Gasteiger partial charge in [0, 0.05) is 30.2 Å². The molecule has 0 aliphatic heterocycles. The van der Waals surface area contributed by atoms with Crippen molar-refractivity contribution in [1.29, 1.82) is 0 Å². The average molecular weight is 409 g/mol. The van der Waals surface area contributed by atoms with Gasteiger partial charge in [0.2, 0.25) is 5.91 Å². The maximum absolute atomic E-state index is 12.5. The number of aryl methyl sites for hydroxylation is 2. The third-order valence-corrected chi connectivity index (χ3v) is 6.13. The zero-order valence-electron chi connectivity index (χ0n) is 14.7. The predicted molar refractivity (Wildman–Crippen MR) is 103 cm³/mol. The summed E-state index contributed by atoms with van der Waals surface area (Å²) in [7, 11) is -2.18. The van der Waals surface area contributed by atoms with E-state index in [9.17, 15) is 18.0 Å². The van der Waals surface area contributed by atoms with Crippen LogP contribution in [0.4, 0.5) is 5.69 Å². The van der Waals surface area contributed by atoms with Gasteiger partial charge < -0.3 is 9.73 Å². The quantitative estimate of drug-likeness (QED) is 0.699. The zero-order valence-corrected chi connectivity index (χ0v) is 16.2. The summed E-state index contributed by atoms with van der Waals surface area (Å²) >= 11 is 5.87. The number of benzene rings is 2. The second-order valence-electron chi connectivity index (χ2n) is 6.13. The minimum atomic E-state index is -3.71. The van der Waals surface area contributed by atoms with Crippen molar-refractivity contribution in [2.45, 2.75) is 18.2 Å². The number of amides is 1. The van der Waals surface area contributed by atoms with Crippen LogP contribution in [0.2, 0.25) is 5.02 Å². The molecule has 3 rings (SSSR count). The summed E-state index contributed by atoms with van der Waals surface area (Å²) in [6.45, 7) is 1.79. The molecule has 1 aromatic heterocycles. The van der Waals surface area contributed by atoms with Gasteiger partial charge in [-0.3, -0.25) is 9.36 Å². The van der Waals surface area contributed by atoms with E-state index in [2.05, 4.69) is 5.32 Å². The van der Waals surface area contributed by atoms with Crippen molar-refractivity contribution in [3.63, 3.8) is 0 Å². The molecule has 0 radical (unpaired) electrons. The Bertz CT molecular complexity index is 1190. The first-order valence-corrected chi connectivity index (χ1v) is 10.1. The molecule has 0 saturated heterocycles. The number of hydrogen-bond acceptors (Lipinski definition) is 5. The Kier molecular flexibility index (Phi) is 5.12. The Balaban J connectivity index is 1.72. The van der Waals surface area contributed by atoms with Crippen molar-refractivity contribution in [2.24, 2.45) is 7.05 Å². The summed E-state index contributed by atoms with van der Waals surface area (Å²) < 4.78 is 31.3. The smallest absolute Gasteiger partial charge is 0.408 e. The maximum atomic E-state index is 12.5.